The fraction of sp³-hybridized carbons (Fsp3) is 0.409. The van der Waals surface area contributed by atoms with Crippen LogP contribution >= 0.6 is 0 Å². The Bertz CT molecular complexity index is 1160. The lowest BCUT2D eigenvalue weighted by molar-refractivity contribution is 0.196. The van der Waals surface area contributed by atoms with Crippen molar-refractivity contribution in [3.05, 3.63) is 53.3 Å². The highest BCUT2D eigenvalue weighted by Crippen LogP contribution is 2.26. The largest absolute Gasteiger partial charge is 0.301 e. The Morgan fingerprint density at radius 1 is 0.903 bits per heavy atom. The summed E-state index contributed by atoms with van der Waals surface area (Å²) in [5.74, 6) is 0.494. The van der Waals surface area contributed by atoms with Gasteiger partial charge in [-0.3, -0.25) is 0 Å². The summed E-state index contributed by atoms with van der Waals surface area (Å²) in [6.07, 6.45) is 0. The van der Waals surface area contributed by atoms with Gasteiger partial charge in [-0.1, -0.05) is 36.8 Å². The van der Waals surface area contributed by atoms with Crippen molar-refractivity contribution in [2.24, 2.45) is 0 Å². The predicted molar refractivity (Wildman–Crippen MR) is 120 cm³/mol. The first-order chi connectivity index (χ1) is 14.8. The second kappa shape index (κ2) is 8.49. The first kappa shape index (κ1) is 21.6. The van der Waals surface area contributed by atoms with E-state index in [1.54, 1.807) is 22.8 Å². The Kier molecular flexibility index (Phi) is 5.92. The highest BCUT2D eigenvalue weighted by molar-refractivity contribution is 7.89. The third kappa shape index (κ3) is 4.13. The minimum absolute atomic E-state index is 0.266. The van der Waals surface area contributed by atoms with Gasteiger partial charge in [0.05, 0.1) is 17.1 Å². The summed E-state index contributed by atoms with van der Waals surface area (Å²) in [7, 11) is -3.62. The van der Waals surface area contributed by atoms with Crippen molar-refractivity contribution in [3.8, 4) is 17.1 Å². The summed E-state index contributed by atoms with van der Waals surface area (Å²) in [5, 5.41) is 13.1. The zero-order valence-corrected chi connectivity index (χ0v) is 19.2. The summed E-state index contributed by atoms with van der Waals surface area (Å²) >= 11 is 0. The molecule has 2 aromatic heterocycles. The number of hydrogen-bond acceptors (Lipinski definition) is 6. The molecule has 0 saturated carbocycles. The van der Waals surface area contributed by atoms with E-state index in [2.05, 4.69) is 27.1 Å². The van der Waals surface area contributed by atoms with E-state index in [4.69, 9.17) is 0 Å². The lowest BCUT2D eigenvalue weighted by atomic mass is 10.1. The van der Waals surface area contributed by atoms with Crippen LogP contribution in [0.4, 0.5) is 0 Å². The monoisotopic (exact) mass is 440 g/mol. The maximum Gasteiger partial charge on any atom is 0.246 e. The number of piperazine rings is 1. The molecule has 9 heteroatoms. The first-order valence-electron chi connectivity index (χ1n) is 10.5. The van der Waals surface area contributed by atoms with Crippen LogP contribution in [-0.4, -0.2) is 70.3 Å². The molecule has 4 rings (SSSR count). The predicted octanol–water partition coefficient (Wildman–Crippen LogP) is 2.58. The van der Waals surface area contributed by atoms with E-state index in [-0.39, 0.29) is 4.90 Å². The van der Waals surface area contributed by atoms with Crippen molar-refractivity contribution in [3.63, 3.8) is 0 Å². The van der Waals surface area contributed by atoms with Crippen LogP contribution in [0, 0.1) is 20.8 Å². The van der Waals surface area contributed by atoms with Gasteiger partial charge in [-0.25, -0.2) is 13.1 Å². The number of aromatic nitrogens is 4. The van der Waals surface area contributed by atoms with E-state index < -0.39 is 10.0 Å². The molecule has 164 valence electrons. The second-order valence-corrected chi connectivity index (χ2v) is 9.77. The first-order valence-corrected chi connectivity index (χ1v) is 11.9. The Morgan fingerprint density at radius 3 is 2.16 bits per heavy atom. The van der Waals surface area contributed by atoms with Crippen molar-refractivity contribution in [2.75, 3.05) is 32.7 Å². The average Bonchev–Trinajstić information content (AvgIpc) is 3.09. The molecule has 8 nitrogen and oxygen atoms in total. The molecule has 3 aromatic rings. The molecule has 0 spiro atoms. The van der Waals surface area contributed by atoms with Gasteiger partial charge in [0.25, 0.3) is 0 Å². The highest BCUT2D eigenvalue weighted by Gasteiger charge is 2.33. The molecule has 0 radical (unpaired) electrons. The summed E-state index contributed by atoms with van der Waals surface area (Å²) in [6.45, 7) is 11.0. The Balaban J connectivity index is 1.63. The number of hydrogen-bond donors (Lipinski definition) is 0. The number of sulfonamides is 1. The van der Waals surface area contributed by atoms with Crippen LogP contribution in [0.5, 0.6) is 0 Å². The zero-order chi connectivity index (χ0) is 22.2. The van der Waals surface area contributed by atoms with Gasteiger partial charge in [-0.15, -0.1) is 10.2 Å². The summed E-state index contributed by atoms with van der Waals surface area (Å²) in [5.41, 5.74) is 3.94. The molecule has 0 unspecified atom stereocenters. The Labute approximate surface area is 183 Å². The van der Waals surface area contributed by atoms with Gasteiger partial charge in [0.15, 0.2) is 5.82 Å². The van der Waals surface area contributed by atoms with Crippen LogP contribution in [-0.2, 0) is 10.0 Å². The van der Waals surface area contributed by atoms with Gasteiger partial charge < -0.3 is 4.90 Å². The molecule has 0 bridgehead atoms. The van der Waals surface area contributed by atoms with Crippen molar-refractivity contribution in [1.82, 2.24) is 29.2 Å². The smallest absolute Gasteiger partial charge is 0.246 e. The van der Waals surface area contributed by atoms with Crippen LogP contribution < -0.4 is 0 Å². The maximum atomic E-state index is 13.4. The van der Waals surface area contributed by atoms with Crippen LogP contribution in [0.3, 0.4) is 0 Å². The third-order valence-electron chi connectivity index (χ3n) is 5.82. The average molecular weight is 441 g/mol. The van der Waals surface area contributed by atoms with E-state index in [1.807, 2.05) is 43.3 Å². The van der Waals surface area contributed by atoms with E-state index >= 15 is 0 Å². The summed E-state index contributed by atoms with van der Waals surface area (Å²) in [4.78, 5) is 2.52. The van der Waals surface area contributed by atoms with E-state index in [9.17, 15) is 8.42 Å². The van der Waals surface area contributed by atoms with Gasteiger partial charge in [-0.05, 0) is 39.4 Å². The third-order valence-corrected chi connectivity index (χ3v) is 7.97. The molecule has 31 heavy (non-hydrogen) atoms. The van der Waals surface area contributed by atoms with Crippen LogP contribution in [0.2, 0.25) is 0 Å². The summed E-state index contributed by atoms with van der Waals surface area (Å²) < 4.78 is 29.8. The standard InChI is InChI=1S/C22H28N6O2S/c1-5-26-12-14-27(15-13-26)31(29,30)22-17(3)25-28(18(22)4)21-11-10-20(23-24-21)19-8-6-16(2)7-9-19/h6-11H,5,12-15H2,1-4H3. The molecule has 0 N–H and O–H groups in total. The molecular formula is C22H28N6O2S. The number of nitrogens with zero attached hydrogens (tertiary/aromatic N) is 6. The van der Waals surface area contributed by atoms with Crippen LogP contribution in [0.1, 0.15) is 23.9 Å². The van der Waals surface area contributed by atoms with Gasteiger partial charge >= 0.3 is 0 Å². The Hall–Kier alpha value is -2.62. The lowest BCUT2D eigenvalue weighted by Gasteiger charge is -2.33. The molecule has 0 amide bonds. The molecule has 1 saturated heterocycles. The Morgan fingerprint density at radius 2 is 1.58 bits per heavy atom. The van der Waals surface area contributed by atoms with Gasteiger partial charge in [0.2, 0.25) is 10.0 Å². The van der Waals surface area contributed by atoms with Gasteiger partial charge in [-0.2, -0.15) is 9.40 Å². The molecule has 1 aliphatic rings. The van der Waals surface area contributed by atoms with Crippen LogP contribution in [0.25, 0.3) is 17.1 Å². The molecule has 0 atom stereocenters. The van der Waals surface area contributed by atoms with E-state index in [1.165, 1.54) is 5.56 Å². The molecule has 1 fully saturated rings. The minimum atomic E-state index is -3.62. The maximum absolute atomic E-state index is 13.4. The van der Waals surface area contributed by atoms with Gasteiger partial charge in [0.1, 0.15) is 4.90 Å². The van der Waals surface area contributed by atoms with Crippen molar-refractivity contribution < 1.29 is 8.42 Å². The van der Waals surface area contributed by atoms with E-state index in [0.717, 1.165) is 30.9 Å². The normalized spacial score (nSPS) is 16.0. The molecule has 1 aromatic carbocycles. The van der Waals surface area contributed by atoms with Crippen molar-refractivity contribution in [2.45, 2.75) is 32.6 Å². The van der Waals surface area contributed by atoms with Crippen molar-refractivity contribution in [1.29, 1.82) is 0 Å². The molecular weight excluding hydrogens is 412 g/mol. The van der Waals surface area contributed by atoms with Gasteiger partial charge in [0, 0.05) is 31.7 Å². The second-order valence-electron chi connectivity index (χ2n) is 7.89. The van der Waals surface area contributed by atoms with Crippen molar-refractivity contribution >= 4 is 10.0 Å². The van der Waals surface area contributed by atoms with E-state index in [0.29, 0.717) is 30.3 Å². The topological polar surface area (TPSA) is 84.2 Å². The summed E-state index contributed by atoms with van der Waals surface area (Å²) in [6, 6.07) is 11.8. The number of rotatable bonds is 5. The zero-order valence-electron chi connectivity index (χ0n) is 18.4. The quantitative estimate of drug-likeness (QED) is 0.606. The fourth-order valence-electron chi connectivity index (χ4n) is 3.96. The van der Waals surface area contributed by atoms with Crippen LogP contribution in [0.15, 0.2) is 41.3 Å². The molecule has 0 aliphatic carbocycles. The lowest BCUT2D eigenvalue weighted by Crippen LogP contribution is -2.48. The number of likely N-dealkylation sites (N-methyl/N-ethyl adjacent to an activating group) is 1. The fourth-order valence-corrected chi connectivity index (χ4v) is 5.73. The minimum Gasteiger partial charge on any atom is -0.301 e. The number of aryl methyl sites for hydroxylation is 2. The SMILES string of the molecule is CCN1CCN(S(=O)(=O)c2c(C)nn(-c3ccc(-c4ccc(C)cc4)nn3)c2C)CC1. The molecule has 3 heterocycles. The number of benzene rings is 1. The molecule has 1 aliphatic heterocycles. The highest BCUT2D eigenvalue weighted by atomic mass is 32.2.